The fraction of sp³-hybridized carbons (Fsp3) is 0.217. The number of hydrogen-bond acceptors (Lipinski definition) is 2. The van der Waals surface area contributed by atoms with Crippen molar-refractivity contribution >= 4 is 34.8 Å². The fourth-order valence-electron chi connectivity index (χ4n) is 2.88. The molecule has 0 aromatic heterocycles. The van der Waals surface area contributed by atoms with E-state index in [0.717, 1.165) is 22.3 Å². The van der Waals surface area contributed by atoms with Crippen LogP contribution in [0.2, 0.25) is 15.1 Å². The molecule has 28 heavy (non-hydrogen) atoms. The molecule has 0 bridgehead atoms. The van der Waals surface area contributed by atoms with Crippen molar-refractivity contribution in [3.05, 3.63) is 75.2 Å². The van der Waals surface area contributed by atoms with Crippen LogP contribution in [0.4, 0.5) is 0 Å². The molecule has 2 N–H and O–H groups in total. The summed E-state index contributed by atoms with van der Waals surface area (Å²) in [6.07, 6.45) is 0. The second-order valence-electron chi connectivity index (χ2n) is 7.77. The van der Waals surface area contributed by atoms with E-state index < -0.39 is 0 Å². The first kappa shape index (κ1) is 21.0. The first-order valence-electron chi connectivity index (χ1n) is 8.96. The standard InChI is InChI=1S/C23H22Cl3NO/c1-23(2,3)27-13-17-10-16(14-4-7-18(24)8-5-14)11-19(22(17)28)15-6-9-20(25)21(26)12-15/h4-12,27-28H,13H2,1-3H3. The normalized spacial score (nSPS) is 11.6. The maximum absolute atomic E-state index is 11.0. The average molecular weight is 435 g/mol. The Labute approximate surface area is 181 Å². The van der Waals surface area contributed by atoms with E-state index in [2.05, 4.69) is 26.1 Å². The third-order valence-corrected chi connectivity index (χ3v) is 5.40. The van der Waals surface area contributed by atoms with Gasteiger partial charge in [-0.05, 0) is 73.9 Å². The van der Waals surface area contributed by atoms with Crippen molar-refractivity contribution in [2.75, 3.05) is 0 Å². The first-order valence-corrected chi connectivity index (χ1v) is 10.1. The minimum atomic E-state index is -0.0769. The summed E-state index contributed by atoms with van der Waals surface area (Å²) in [5.74, 6) is 0.229. The van der Waals surface area contributed by atoms with Crippen molar-refractivity contribution in [2.45, 2.75) is 32.9 Å². The highest BCUT2D eigenvalue weighted by atomic mass is 35.5. The van der Waals surface area contributed by atoms with E-state index in [1.165, 1.54) is 0 Å². The van der Waals surface area contributed by atoms with E-state index in [9.17, 15) is 5.11 Å². The number of phenols is 1. The summed E-state index contributed by atoms with van der Waals surface area (Å²) in [5, 5.41) is 16.0. The molecule has 0 aliphatic carbocycles. The average Bonchev–Trinajstić information content (AvgIpc) is 2.63. The number of hydrogen-bond donors (Lipinski definition) is 2. The number of benzene rings is 3. The summed E-state index contributed by atoms with van der Waals surface area (Å²) in [6.45, 7) is 6.80. The van der Waals surface area contributed by atoms with Gasteiger partial charge in [-0.15, -0.1) is 0 Å². The van der Waals surface area contributed by atoms with Crippen LogP contribution in [0.5, 0.6) is 5.75 Å². The lowest BCUT2D eigenvalue weighted by Crippen LogP contribution is -2.35. The van der Waals surface area contributed by atoms with Gasteiger partial charge >= 0.3 is 0 Å². The lowest BCUT2D eigenvalue weighted by molar-refractivity contribution is 0.412. The maximum atomic E-state index is 11.0. The summed E-state index contributed by atoms with van der Waals surface area (Å²) >= 11 is 18.3. The van der Waals surface area contributed by atoms with Crippen molar-refractivity contribution in [1.82, 2.24) is 5.32 Å². The number of nitrogens with one attached hydrogen (secondary N) is 1. The van der Waals surface area contributed by atoms with Gasteiger partial charge in [0.15, 0.2) is 0 Å². The van der Waals surface area contributed by atoms with Crippen LogP contribution >= 0.6 is 34.8 Å². The van der Waals surface area contributed by atoms with Gasteiger partial charge in [-0.2, -0.15) is 0 Å². The van der Waals surface area contributed by atoms with E-state index in [1.54, 1.807) is 12.1 Å². The van der Waals surface area contributed by atoms with E-state index in [4.69, 9.17) is 34.8 Å². The highest BCUT2D eigenvalue weighted by molar-refractivity contribution is 6.42. The van der Waals surface area contributed by atoms with Crippen LogP contribution < -0.4 is 5.32 Å². The van der Waals surface area contributed by atoms with Crippen molar-refractivity contribution < 1.29 is 5.11 Å². The molecule has 0 aliphatic heterocycles. The molecule has 0 unspecified atom stereocenters. The lowest BCUT2D eigenvalue weighted by atomic mass is 9.94. The Bertz CT molecular complexity index is 992. The van der Waals surface area contributed by atoms with Gasteiger partial charge in [0.2, 0.25) is 0 Å². The Kier molecular flexibility index (Phi) is 6.26. The Morgan fingerprint density at radius 3 is 2.04 bits per heavy atom. The van der Waals surface area contributed by atoms with Crippen LogP contribution in [0.3, 0.4) is 0 Å². The predicted octanol–water partition coefficient (Wildman–Crippen LogP) is 7.57. The van der Waals surface area contributed by atoms with E-state index in [0.29, 0.717) is 27.2 Å². The van der Waals surface area contributed by atoms with Crippen molar-refractivity contribution in [3.8, 4) is 28.0 Å². The highest BCUT2D eigenvalue weighted by Crippen LogP contribution is 2.39. The summed E-state index contributed by atoms with van der Waals surface area (Å²) in [7, 11) is 0. The van der Waals surface area contributed by atoms with Gasteiger partial charge in [-0.25, -0.2) is 0 Å². The molecule has 0 saturated heterocycles. The number of phenolic OH excluding ortho intramolecular Hbond substituents is 1. The number of halogens is 3. The van der Waals surface area contributed by atoms with E-state index >= 15 is 0 Å². The molecule has 0 spiro atoms. The van der Waals surface area contributed by atoms with Crippen LogP contribution in [0.1, 0.15) is 26.3 Å². The molecule has 0 amide bonds. The van der Waals surface area contributed by atoms with Crippen molar-refractivity contribution in [1.29, 1.82) is 0 Å². The number of rotatable bonds is 4. The minimum absolute atomic E-state index is 0.0769. The summed E-state index contributed by atoms with van der Waals surface area (Å²) in [5.41, 5.74) is 4.25. The second-order valence-corrected chi connectivity index (χ2v) is 9.02. The van der Waals surface area contributed by atoms with Crippen LogP contribution in [0.25, 0.3) is 22.3 Å². The smallest absolute Gasteiger partial charge is 0.127 e. The molecule has 0 heterocycles. The SMILES string of the molecule is CC(C)(C)NCc1cc(-c2ccc(Cl)cc2)cc(-c2ccc(Cl)c(Cl)c2)c1O. The Hall–Kier alpha value is -1.71. The summed E-state index contributed by atoms with van der Waals surface area (Å²) < 4.78 is 0. The quantitative estimate of drug-likeness (QED) is 0.443. The molecule has 2 nitrogen and oxygen atoms in total. The molecular weight excluding hydrogens is 413 g/mol. The Morgan fingerprint density at radius 1 is 0.786 bits per heavy atom. The van der Waals surface area contributed by atoms with Gasteiger partial charge in [-0.1, -0.05) is 53.0 Å². The highest BCUT2D eigenvalue weighted by Gasteiger charge is 2.16. The Balaban J connectivity index is 2.14. The predicted molar refractivity (Wildman–Crippen MR) is 121 cm³/mol. The zero-order valence-corrected chi connectivity index (χ0v) is 18.3. The third-order valence-electron chi connectivity index (χ3n) is 4.41. The topological polar surface area (TPSA) is 32.3 Å². The summed E-state index contributed by atoms with van der Waals surface area (Å²) in [6, 6.07) is 17.0. The largest absolute Gasteiger partial charge is 0.507 e. The minimum Gasteiger partial charge on any atom is -0.507 e. The van der Waals surface area contributed by atoms with Crippen LogP contribution in [-0.4, -0.2) is 10.6 Å². The van der Waals surface area contributed by atoms with Gasteiger partial charge in [0.25, 0.3) is 0 Å². The molecule has 0 atom stereocenters. The molecule has 5 heteroatoms. The monoisotopic (exact) mass is 433 g/mol. The maximum Gasteiger partial charge on any atom is 0.127 e. The molecule has 146 valence electrons. The van der Waals surface area contributed by atoms with Gasteiger partial charge in [0, 0.05) is 28.2 Å². The lowest BCUT2D eigenvalue weighted by Gasteiger charge is -2.22. The zero-order valence-electron chi connectivity index (χ0n) is 16.0. The fourth-order valence-corrected chi connectivity index (χ4v) is 3.31. The van der Waals surface area contributed by atoms with Gasteiger partial charge in [0.1, 0.15) is 5.75 Å². The molecule has 0 saturated carbocycles. The second kappa shape index (κ2) is 8.34. The van der Waals surface area contributed by atoms with E-state index in [-0.39, 0.29) is 11.3 Å². The van der Waals surface area contributed by atoms with Crippen LogP contribution in [0.15, 0.2) is 54.6 Å². The molecule has 3 rings (SSSR count). The van der Waals surface area contributed by atoms with Gasteiger partial charge in [0.05, 0.1) is 10.0 Å². The molecular formula is C23H22Cl3NO. The number of aromatic hydroxyl groups is 1. The van der Waals surface area contributed by atoms with Gasteiger partial charge < -0.3 is 10.4 Å². The van der Waals surface area contributed by atoms with Crippen molar-refractivity contribution in [3.63, 3.8) is 0 Å². The van der Waals surface area contributed by atoms with Crippen LogP contribution in [0, 0.1) is 0 Å². The summed E-state index contributed by atoms with van der Waals surface area (Å²) in [4.78, 5) is 0. The molecule has 0 radical (unpaired) electrons. The Morgan fingerprint density at radius 2 is 1.43 bits per heavy atom. The third kappa shape index (κ3) is 5.01. The zero-order chi connectivity index (χ0) is 20.5. The molecule has 0 aliphatic rings. The van der Waals surface area contributed by atoms with Crippen LogP contribution in [-0.2, 0) is 6.54 Å². The molecule has 3 aromatic carbocycles. The van der Waals surface area contributed by atoms with Crippen molar-refractivity contribution in [2.24, 2.45) is 0 Å². The molecule has 0 fully saturated rings. The van der Waals surface area contributed by atoms with E-state index in [1.807, 2.05) is 42.5 Å². The molecule has 3 aromatic rings. The first-order chi connectivity index (χ1) is 13.1. The van der Waals surface area contributed by atoms with Gasteiger partial charge in [-0.3, -0.25) is 0 Å².